The summed E-state index contributed by atoms with van der Waals surface area (Å²) in [6, 6.07) is 5.68. The van der Waals surface area contributed by atoms with E-state index in [9.17, 15) is 0 Å². The first-order valence-electron chi connectivity index (χ1n) is 5.58. The van der Waals surface area contributed by atoms with Crippen molar-refractivity contribution >= 4 is 0 Å². The number of nitriles is 1. The molecular weight excluding hydrogens is 214 g/mol. The molecule has 3 rings (SSSR count). The van der Waals surface area contributed by atoms with Gasteiger partial charge in [-0.2, -0.15) is 10.4 Å². The van der Waals surface area contributed by atoms with Gasteiger partial charge in [-0.3, -0.25) is 0 Å². The molecule has 0 saturated heterocycles. The molecule has 17 heavy (non-hydrogen) atoms. The van der Waals surface area contributed by atoms with Crippen molar-refractivity contribution in [1.82, 2.24) is 19.7 Å². The summed E-state index contributed by atoms with van der Waals surface area (Å²) in [5, 5.41) is 13.3. The highest BCUT2D eigenvalue weighted by Crippen LogP contribution is 2.38. The van der Waals surface area contributed by atoms with Crippen molar-refractivity contribution in [2.45, 2.75) is 25.7 Å². The summed E-state index contributed by atoms with van der Waals surface area (Å²) >= 11 is 0. The maximum Gasteiger partial charge on any atom is 0.251 e. The third-order valence-electron chi connectivity index (χ3n) is 2.77. The fourth-order valence-corrected chi connectivity index (χ4v) is 1.76. The summed E-state index contributed by atoms with van der Waals surface area (Å²) in [5.74, 6) is 1.07. The Morgan fingerprint density at radius 3 is 2.94 bits per heavy atom. The first kappa shape index (κ1) is 9.97. The van der Waals surface area contributed by atoms with Crippen molar-refractivity contribution in [1.29, 1.82) is 5.26 Å². The van der Waals surface area contributed by atoms with Crippen LogP contribution in [0.5, 0.6) is 0 Å². The van der Waals surface area contributed by atoms with Crippen molar-refractivity contribution in [3.05, 3.63) is 35.4 Å². The first-order chi connectivity index (χ1) is 8.26. The monoisotopic (exact) mass is 225 g/mol. The molecule has 0 unspecified atom stereocenters. The molecule has 0 N–H and O–H groups in total. The summed E-state index contributed by atoms with van der Waals surface area (Å²) in [5.41, 5.74) is 2.24. The van der Waals surface area contributed by atoms with Crippen molar-refractivity contribution in [3.8, 4) is 12.0 Å². The number of rotatable bonds is 2. The molecule has 1 aliphatic carbocycles. The summed E-state index contributed by atoms with van der Waals surface area (Å²) < 4.78 is 1.64. The molecule has 0 bridgehead atoms. The standard InChI is InChI=1S/C12H11N5/c1-8-6-10(7-13)15-12(14-8)17-5-4-11(16-17)9-2-3-9/h4-6,9H,2-3H2,1H3. The van der Waals surface area contributed by atoms with E-state index in [-0.39, 0.29) is 0 Å². The van der Waals surface area contributed by atoms with Crippen LogP contribution in [0.15, 0.2) is 18.3 Å². The lowest BCUT2D eigenvalue weighted by atomic mass is 10.3. The Balaban J connectivity index is 2.01. The highest BCUT2D eigenvalue weighted by atomic mass is 15.3. The van der Waals surface area contributed by atoms with Gasteiger partial charge in [0.05, 0.1) is 5.69 Å². The fourth-order valence-electron chi connectivity index (χ4n) is 1.76. The third-order valence-corrected chi connectivity index (χ3v) is 2.77. The van der Waals surface area contributed by atoms with Gasteiger partial charge in [0.15, 0.2) is 0 Å². The van der Waals surface area contributed by atoms with Gasteiger partial charge in [-0.05, 0) is 31.9 Å². The van der Waals surface area contributed by atoms with Crippen LogP contribution < -0.4 is 0 Å². The molecular formula is C12H11N5. The van der Waals surface area contributed by atoms with Crippen molar-refractivity contribution < 1.29 is 0 Å². The Labute approximate surface area is 98.7 Å². The Morgan fingerprint density at radius 2 is 2.24 bits per heavy atom. The summed E-state index contributed by atoms with van der Waals surface area (Å²) in [6.45, 7) is 1.84. The maximum atomic E-state index is 8.87. The molecule has 0 aromatic carbocycles. The smallest absolute Gasteiger partial charge is 0.216 e. The lowest BCUT2D eigenvalue weighted by Crippen LogP contribution is -2.04. The number of aromatic nitrogens is 4. The summed E-state index contributed by atoms with van der Waals surface area (Å²) in [7, 11) is 0. The summed E-state index contributed by atoms with van der Waals surface area (Å²) in [4.78, 5) is 8.43. The minimum absolute atomic E-state index is 0.371. The van der Waals surface area contributed by atoms with Crippen LogP contribution in [0.1, 0.15) is 35.8 Å². The zero-order chi connectivity index (χ0) is 11.8. The Morgan fingerprint density at radius 1 is 1.41 bits per heavy atom. The molecule has 0 radical (unpaired) electrons. The van der Waals surface area contributed by atoms with Gasteiger partial charge in [-0.15, -0.1) is 0 Å². The van der Waals surface area contributed by atoms with E-state index in [4.69, 9.17) is 5.26 Å². The van der Waals surface area contributed by atoms with Crippen molar-refractivity contribution in [2.24, 2.45) is 0 Å². The summed E-state index contributed by atoms with van der Waals surface area (Å²) in [6.07, 6.45) is 4.29. The van der Waals surface area contributed by atoms with E-state index >= 15 is 0 Å². The minimum atomic E-state index is 0.371. The van der Waals surface area contributed by atoms with Gasteiger partial charge in [-0.1, -0.05) is 0 Å². The molecule has 1 aliphatic rings. The highest BCUT2D eigenvalue weighted by molar-refractivity contribution is 5.27. The SMILES string of the molecule is Cc1cc(C#N)nc(-n2ccc(C3CC3)n2)n1. The van der Waals surface area contributed by atoms with Crippen molar-refractivity contribution in [2.75, 3.05) is 0 Å². The van der Waals surface area contributed by atoms with Crippen LogP contribution in [-0.4, -0.2) is 19.7 Å². The topological polar surface area (TPSA) is 67.4 Å². The zero-order valence-corrected chi connectivity index (χ0v) is 9.46. The highest BCUT2D eigenvalue weighted by Gasteiger charge is 2.26. The Kier molecular flexibility index (Phi) is 2.15. The van der Waals surface area contributed by atoms with Crippen LogP contribution in [-0.2, 0) is 0 Å². The molecule has 2 aromatic rings. The van der Waals surface area contributed by atoms with Gasteiger partial charge in [0.25, 0.3) is 5.95 Å². The minimum Gasteiger partial charge on any atom is -0.216 e. The molecule has 0 atom stereocenters. The van der Waals surface area contributed by atoms with E-state index in [2.05, 4.69) is 15.1 Å². The predicted molar refractivity (Wildman–Crippen MR) is 60.6 cm³/mol. The van der Waals surface area contributed by atoms with Crippen LogP contribution in [0.3, 0.4) is 0 Å². The molecule has 0 spiro atoms. The number of aryl methyl sites for hydroxylation is 1. The first-order valence-corrected chi connectivity index (χ1v) is 5.58. The fraction of sp³-hybridized carbons (Fsp3) is 0.333. The average molecular weight is 225 g/mol. The van der Waals surface area contributed by atoms with Gasteiger partial charge in [0, 0.05) is 17.8 Å². The van der Waals surface area contributed by atoms with Gasteiger partial charge in [0.1, 0.15) is 11.8 Å². The van der Waals surface area contributed by atoms with Gasteiger partial charge >= 0.3 is 0 Å². The van der Waals surface area contributed by atoms with E-state index in [1.54, 1.807) is 10.7 Å². The number of hydrogen-bond acceptors (Lipinski definition) is 4. The molecule has 2 aromatic heterocycles. The third kappa shape index (κ3) is 1.89. The van der Waals surface area contributed by atoms with E-state index in [0.29, 0.717) is 17.6 Å². The second kappa shape index (κ2) is 3.67. The Bertz CT molecular complexity index is 604. The molecule has 1 fully saturated rings. The Hall–Kier alpha value is -2.22. The maximum absolute atomic E-state index is 8.87. The largest absolute Gasteiger partial charge is 0.251 e. The van der Waals surface area contributed by atoms with Crippen LogP contribution in [0.4, 0.5) is 0 Å². The van der Waals surface area contributed by atoms with E-state index in [0.717, 1.165) is 11.4 Å². The van der Waals surface area contributed by atoms with Crippen molar-refractivity contribution in [3.63, 3.8) is 0 Å². The lowest BCUT2D eigenvalue weighted by molar-refractivity contribution is 0.775. The number of nitrogens with zero attached hydrogens (tertiary/aromatic N) is 5. The van der Waals surface area contributed by atoms with E-state index in [1.165, 1.54) is 12.8 Å². The molecule has 5 heteroatoms. The van der Waals surface area contributed by atoms with Crippen LogP contribution in [0.25, 0.3) is 5.95 Å². The number of hydrogen-bond donors (Lipinski definition) is 0. The molecule has 0 aliphatic heterocycles. The van der Waals surface area contributed by atoms with Crippen LogP contribution >= 0.6 is 0 Å². The zero-order valence-electron chi connectivity index (χ0n) is 9.46. The molecule has 1 saturated carbocycles. The van der Waals surface area contributed by atoms with Crippen LogP contribution in [0.2, 0.25) is 0 Å². The second-order valence-electron chi connectivity index (χ2n) is 4.27. The van der Waals surface area contributed by atoms with Gasteiger partial charge in [0.2, 0.25) is 0 Å². The van der Waals surface area contributed by atoms with E-state index < -0.39 is 0 Å². The van der Waals surface area contributed by atoms with Crippen LogP contribution in [0, 0.1) is 18.3 Å². The lowest BCUT2D eigenvalue weighted by Gasteiger charge is -2.01. The van der Waals surface area contributed by atoms with E-state index in [1.807, 2.05) is 25.3 Å². The van der Waals surface area contributed by atoms with Gasteiger partial charge in [-0.25, -0.2) is 14.6 Å². The predicted octanol–water partition coefficient (Wildman–Crippen LogP) is 1.72. The molecule has 5 nitrogen and oxygen atoms in total. The quantitative estimate of drug-likeness (QED) is 0.780. The van der Waals surface area contributed by atoms with Gasteiger partial charge < -0.3 is 0 Å². The molecule has 84 valence electrons. The normalized spacial score (nSPS) is 14.6. The molecule has 2 heterocycles. The second-order valence-corrected chi connectivity index (χ2v) is 4.27. The average Bonchev–Trinajstić information content (AvgIpc) is 3.06. The molecule has 0 amide bonds.